The van der Waals surface area contributed by atoms with Gasteiger partial charge in [0.15, 0.2) is 0 Å². The van der Waals surface area contributed by atoms with Gasteiger partial charge in [0.2, 0.25) is 0 Å². The molecular formula is C17H24N2O4. The van der Waals surface area contributed by atoms with Crippen LogP contribution in [0.15, 0.2) is 24.5 Å². The van der Waals surface area contributed by atoms with Gasteiger partial charge >= 0.3 is 12.1 Å². The van der Waals surface area contributed by atoms with Gasteiger partial charge in [-0.25, -0.2) is 4.79 Å². The Bertz CT molecular complexity index is 531. The second-order valence-corrected chi connectivity index (χ2v) is 6.69. The molecule has 0 atom stereocenters. The molecule has 0 N–H and O–H groups in total. The van der Waals surface area contributed by atoms with E-state index in [1.807, 2.05) is 20.8 Å². The van der Waals surface area contributed by atoms with E-state index in [1.165, 1.54) is 0 Å². The lowest BCUT2D eigenvalue weighted by Gasteiger charge is -2.33. The van der Waals surface area contributed by atoms with E-state index in [0.29, 0.717) is 25.9 Å². The quantitative estimate of drug-likeness (QED) is 0.801. The van der Waals surface area contributed by atoms with Crippen molar-refractivity contribution in [1.29, 1.82) is 0 Å². The number of carbonyl (C=O) groups is 2. The van der Waals surface area contributed by atoms with Gasteiger partial charge < -0.3 is 14.4 Å². The minimum Gasteiger partial charge on any atom is -0.462 e. The number of likely N-dealkylation sites (tertiary alicyclic amines) is 1. The van der Waals surface area contributed by atoms with Gasteiger partial charge in [0, 0.05) is 38.3 Å². The lowest BCUT2D eigenvalue weighted by molar-refractivity contribution is -0.150. The first-order valence-electron chi connectivity index (χ1n) is 7.90. The molecule has 0 radical (unpaired) electrons. The number of amides is 1. The van der Waals surface area contributed by atoms with E-state index in [9.17, 15) is 9.59 Å². The van der Waals surface area contributed by atoms with Gasteiger partial charge in [-0.15, -0.1) is 0 Å². The van der Waals surface area contributed by atoms with Crippen molar-refractivity contribution in [1.82, 2.24) is 9.88 Å². The summed E-state index contributed by atoms with van der Waals surface area (Å²) in [5.41, 5.74) is 0.390. The highest BCUT2D eigenvalue weighted by molar-refractivity contribution is 5.72. The molecule has 1 aliphatic rings. The highest BCUT2D eigenvalue weighted by Crippen LogP contribution is 2.18. The van der Waals surface area contributed by atoms with Crippen LogP contribution in [0.5, 0.6) is 0 Å². The Balaban J connectivity index is 1.74. The maximum absolute atomic E-state index is 12.0. The summed E-state index contributed by atoms with van der Waals surface area (Å²) in [6.45, 7) is 6.62. The molecule has 0 aromatic carbocycles. The summed E-state index contributed by atoms with van der Waals surface area (Å²) >= 11 is 0. The molecule has 1 aromatic rings. The van der Waals surface area contributed by atoms with Crippen LogP contribution in [0.4, 0.5) is 4.79 Å². The summed E-state index contributed by atoms with van der Waals surface area (Å²) in [6.07, 6.45) is 4.39. The topological polar surface area (TPSA) is 68.7 Å². The second kappa shape index (κ2) is 7.44. The third kappa shape index (κ3) is 5.88. The van der Waals surface area contributed by atoms with Crippen LogP contribution in [0.1, 0.15) is 39.2 Å². The Kier molecular flexibility index (Phi) is 5.58. The second-order valence-electron chi connectivity index (χ2n) is 6.69. The Labute approximate surface area is 136 Å². The van der Waals surface area contributed by atoms with Gasteiger partial charge in [0.05, 0.1) is 6.42 Å². The monoisotopic (exact) mass is 320 g/mol. The van der Waals surface area contributed by atoms with E-state index in [0.717, 1.165) is 5.56 Å². The molecule has 23 heavy (non-hydrogen) atoms. The predicted molar refractivity (Wildman–Crippen MR) is 84.9 cm³/mol. The van der Waals surface area contributed by atoms with Gasteiger partial charge in [0.25, 0.3) is 0 Å². The van der Waals surface area contributed by atoms with Crippen molar-refractivity contribution in [2.45, 2.75) is 51.7 Å². The Hall–Kier alpha value is -2.11. The molecule has 126 valence electrons. The van der Waals surface area contributed by atoms with Crippen LogP contribution in [-0.2, 0) is 20.7 Å². The predicted octanol–water partition coefficient (Wildman–Crippen LogP) is 2.57. The zero-order valence-electron chi connectivity index (χ0n) is 13.9. The standard InChI is InChI=1S/C17H24N2O4/c1-17(2,3)23-16(21)19-10-6-14(7-11-19)22-15(20)12-13-4-8-18-9-5-13/h4-5,8-9,14H,6-7,10-12H2,1-3H3. The van der Waals surface area contributed by atoms with Crippen LogP contribution in [0.2, 0.25) is 0 Å². The van der Waals surface area contributed by atoms with E-state index in [-0.39, 0.29) is 24.6 Å². The van der Waals surface area contributed by atoms with E-state index < -0.39 is 5.60 Å². The minimum absolute atomic E-state index is 0.136. The van der Waals surface area contributed by atoms with Crippen LogP contribution >= 0.6 is 0 Å². The Morgan fingerprint density at radius 1 is 1.22 bits per heavy atom. The van der Waals surface area contributed by atoms with E-state index >= 15 is 0 Å². The lowest BCUT2D eigenvalue weighted by atomic mass is 10.1. The summed E-state index contributed by atoms with van der Waals surface area (Å²) in [6, 6.07) is 3.60. The number of pyridine rings is 1. The van der Waals surface area contributed by atoms with Crippen molar-refractivity contribution >= 4 is 12.1 Å². The number of hydrogen-bond donors (Lipinski definition) is 0. The average Bonchev–Trinajstić information content (AvgIpc) is 2.47. The van der Waals surface area contributed by atoms with Crippen molar-refractivity contribution < 1.29 is 19.1 Å². The molecule has 1 fully saturated rings. The normalized spacial score (nSPS) is 16.0. The third-order valence-electron chi connectivity index (χ3n) is 3.49. The first-order chi connectivity index (χ1) is 10.8. The lowest BCUT2D eigenvalue weighted by Crippen LogP contribution is -2.43. The van der Waals surface area contributed by atoms with Crippen molar-refractivity contribution in [2.75, 3.05) is 13.1 Å². The maximum Gasteiger partial charge on any atom is 0.410 e. The summed E-state index contributed by atoms with van der Waals surface area (Å²) in [4.78, 5) is 29.5. The maximum atomic E-state index is 12.0. The van der Waals surface area contributed by atoms with E-state index in [2.05, 4.69) is 4.98 Å². The number of hydrogen-bond acceptors (Lipinski definition) is 5. The summed E-state index contributed by atoms with van der Waals surface area (Å²) in [5, 5.41) is 0. The molecule has 0 spiro atoms. The largest absolute Gasteiger partial charge is 0.462 e. The highest BCUT2D eigenvalue weighted by atomic mass is 16.6. The average molecular weight is 320 g/mol. The van der Waals surface area contributed by atoms with Crippen molar-refractivity contribution in [3.05, 3.63) is 30.1 Å². The van der Waals surface area contributed by atoms with Crippen LogP contribution in [0, 0.1) is 0 Å². The van der Waals surface area contributed by atoms with Crippen molar-refractivity contribution in [3.8, 4) is 0 Å². The van der Waals surface area contributed by atoms with E-state index in [4.69, 9.17) is 9.47 Å². The molecule has 0 bridgehead atoms. The zero-order chi connectivity index (χ0) is 16.9. The molecule has 6 nitrogen and oxygen atoms in total. The third-order valence-corrected chi connectivity index (χ3v) is 3.49. The molecule has 6 heteroatoms. The number of aromatic nitrogens is 1. The molecule has 0 saturated carbocycles. The first kappa shape index (κ1) is 17.2. The molecule has 2 rings (SSSR count). The number of rotatable bonds is 3. The molecule has 0 unspecified atom stereocenters. The molecule has 2 heterocycles. The summed E-state index contributed by atoms with van der Waals surface area (Å²) in [7, 11) is 0. The van der Waals surface area contributed by atoms with Gasteiger partial charge in [-0.3, -0.25) is 9.78 Å². The number of ether oxygens (including phenoxy) is 2. The molecule has 1 aliphatic heterocycles. The molecule has 0 aliphatic carbocycles. The zero-order valence-corrected chi connectivity index (χ0v) is 13.9. The number of nitrogens with zero attached hydrogens (tertiary/aromatic N) is 2. The Morgan fingerprint density at radius 3 is 2.39 bits per heavy atom. The van der Waals surface area contributed by atoms with Crippen LogP contribution in [-0.4, -0.2) is 46.7 Å². The van der Waals surface area contributed by atoms with Crippen molar-refractivity contribution in [3.63, 3.8) is 0 Å². The fourth-order valence-electron chi connectivity index (χ4n) is 2.38. The summed E-state index contributed by atoms with van der Waals surface area (Å²) < 4.78 is 10.8. The number of carbonyl (C=O) groups excluding carboxylic acids is 2. The van der Waals surface area contributed by atoms with Crippen molar-refractivity contribution in [2.24, 2.45) is 0 Å². The SMILES string of the molecule is CC(C)(C)OC(=O)N1CCC(OC(=O)Cc2ccncc2)CC1. The van der Waals surface area contributed by atoms with Crippen LogP contribution in [0.25, 0.3) is 0 Å². The smallest absolute Gasteiger partial charge is 0.410 e. The highest BCUT2D eigenvalue weighted by Gasteiger charge is 2.28. The Morgan fingerprint density at radius 2 is 1.83 bits per heavy atom. The first-order valence-corrected chi connectivity index (χ1v) is 7.90. The van der Waals surface area contributed by atoms with Gasteiger partial charge in [-0.2, -0.15) is 0 Å². The molecule has 1 amide bonds. The fraction of sp³-hybridized carbons (Fsp3) is 0.588. The van der Waals surface area contributed by atoms with E-state index in [1.54, 1.807) is 29.4 Å². The molecule has 1 aromatic heterocycles. The van der Waals surface area contributed by atoms with Gasteiger partial charge in [-0.05, 0) is 38.5 Å². The minimum atomic E-state index is -0.495. The fourth-order valence-corrected chi connectivity index (χ4v) is 2.38. The van der Waals surface area contributed by atoms with Crippen LogP contribution in [0.3, 0.4) is 0 Å². The molecule has 1 saturated heterocycles. The number of piperidine rings is 1. The van der Waals surface area contributed by atoms with Gasteiger partial charge in [-0.1, -0.05) is 0 Å². The molecular weight excluding hydrogens is 296 g/mol. The van der Waals surface area contributed by atoms with Crippen LogP contribution < -0.4 is 0 Å². The summed E-state index contributed by atoms with van der Waals surface area (Å²) in [5.74, 6) is -0.244. The van der Waals surface area contributed by atoms with Gasteiger partial charge in [0.1, 0.15) is 11.7 Å². The number of esters is 1.